The van der Waals surface area contributed by atoms with Gasteiger partial charge < -0.3 is 20.1 Å². The van der Waals surface area contributed by atoms with Crippen molar-refractivity contribution < 1.29 is 23.5 Å². The van der Waals surface area contributed by atoms with Gasteiger partial charge in [-0.15, -0.1) is 0 Å². The summed E-state index contributed by atoms with van der Waals surface area (Å²) >= 11 is 6.23. The number of benzene rings is 3. The maximum atomic E-state index is 13.6. The zero-order valence-electron chi connectivity index (χ0n) is 18.7. The van der Waals surface area contributed by atoms with Crippen LogP contribution in [0, 0.1) is 17.1 Å². The van der Waals surface area contributed by atoms with Gasteiger partial charge in [0.2, 0.25) is 0 Å². The summed E-state index contributed by atoms with van der Waals surface area (Å²) in [5, 5.41) is 14.7. The molecule has 0 unspecified atom stereocenters. The number of carbonyl (C=O) groups excluding carboxylic acids is 2. The fraction of sp³-hybridized carbons (Fsp3) is 0.115. The first-order valence-corrected chi connectivity index (χ1v) is 10.9. The molecule has 0 aliphatic carbocycles. The monoisotopic (exact) mass is 493 g/mol. The van der Waals surface area contributed by atoms with E-state index in [9.17, 15) is 19.2 Å². The van der Waals surface area contributed by atoms with Gasteiger partial charge in [0.25, 0.3) is 11.8 Å². The summed E-state index contributed by atoms with van der Waals surface area (Å²) in [6, 6.07) is 19.0. The molecule has 9 heteroatoms. The van der Waals surface area contributed by atoms with E-state index >= 15 is 0 Å². The lowest BCUT2D eigenvalue weighted by atomic mass is 10.1. The number of nitrogens with one attached hydrogen (secondary N) is 2. The second-order valence-corrected chi connectivity index (χ2v) is 7.50. The Morgan fingerprint density at radius 1 is 1.06 bits per heavy atom. The van der Waals surface area contributed by atoms with Crippen LogP contribution in [0.3, 0.4) is 0 Å². The SMILES string of the molecule is CCOc1ccc(NC(=O)/C(C#N)=C/c2ccc(OCC(=O)Nc3ccccc3F)c(Cl)c2)cc1. The maximum absolute atomic E-state index is 13.6. The molecule has 3 aromatic carbocycles. The third-order valence-electron chi connectivity index (χ3n) is 4.56. The minimum absolute atomic E-state index is 0.0419. The number of nitriles is 1. The molecule has 0 aromatic heterocycles. The fourth-order valence-electron chi connectivity index (χ4n) is 2.93. The maximum Gasteiger partial charge on any atom is 0.266 e. The highest BCUT2D eigenvalue weighted by Crippen LogP contribution is 2.27. The molecule has 0 saturated carbocycles. The quantitative estimate of drug-likeness (QED) is 0.305. The van der Waals surface area contributed by atoms with Gasteiger partial charge in [-0.3, -0.25) is 9.59 Å². The third-order valence-corrected chi connectivity index (χ3v) is 4.86. The first-order chi connectivity index (χ1) is 16.9. The standard InChI is InChI=1S/C26H21ClFN3O4/c1-2-34-20-10-8-19(9-11-20)30-26(33)18(15-29)13-17-7-12-24(21(27)14-17)35-16-25(32)31-23-6-4-3-5-22(23)28/h3-14H,2,16H2,1H3,(H,30,33)(H,31,32)/b18-13+. The van der Waals surface area contributed by atoms with Crippen molar-refractivity contribution in [2.24, 2.45) is 0 Å². The number of ether oxygens (including phenoxy) is 2. The summed E-state index contributed by atoms with van der Waals surface area (Å²) in [5.74, 6) is -0.825. The number of anilines is 2. The number of carbonyl (C=O) groups is 2. The molecule has 7 nitrogen and oxygen atoms in total. The van der Waals surface area contributed by atoms with Gasteiger partial charge in [0.05, 0.1) is 17.3 Å². The molecule has 2 N–H and O–H groups in total. The van der Waals surface area contributed by atoms with E-state index in [0.717, 1.165) is 0 Å². The van der Waals surface area contributed by atoms with Crippen LogP contribution in [0.2, 0.25) is 5.02 Å². The van der Waals surface area contributed by atoms with Gasteiger partial charge in [0, 0.05) is 5.69 Å². The molecule has 0 atom stereocenters. The lowest BCUT2D eigenvalue weighted by Gasteiger charge is -2.10. The van der Waals surface area contributed by atoms with Gasteiger partial charge in [0.15, 0.2) is 6.61 Å². The number of rotatable bonds is 9. The van der Waals surface area contributed by atoms with E-state index in [0.29, 0.717) is 23.6 Å². The van der Waals surface area contributed by atoms with Gasteiger partial charge in [0.1, 0.15) is 29.0 Å². The second-order valence-electron chi connectivity index (χ2n) is 7.09. The minimum Gasteiger partial charge on any atom is -0.494 e. The molecular weight excluding hydrogens is 473 g/mol. The van der Waals surface area contributed by atoms with Crippen LogP contribution in [-0.2, 0) is 9.59 Å². The largest absolute Gasteiger partial charge is 0.494 e. The summed E-state index contributed by atoms with van der Waals surface area (Å²) in [5.41, 5.74) is 0.903. The number of nitrogens with zero attached hydrogens (tertiary/aromatic N) is 1. The number of hydrogen-bond donors (Lipinski definition) is 2. The number of amides is 2. The summed E-state index contributed by atoms with van der Waals surface area (Å²) < 4.78 is 24.4. The van der Waals surface area contributed by atoms with Crippen molar-refractivity contribution >= 4 is 40.9 Å². The zero-order chi connectivity index (χ0) is 25.2. The zero-order valence-corrected chi connectivity index (χ0v) is 19.4. The lowest BCUT2D eigenvalue weighted by molar-refractivity contribution is -0.118. The smallest absolute Gasteiger partial charge is 0.266 e. The average molecular weight is 494 g/mol. The predicted molar refractivity (Wildman–Crippen MR) is 132 cm³/mol. The third kappa shape index (κ3) is 7.32. The Hall–Kier alpha value is -4.35. The van der Waals surface area contributed by atoms with Crippen LogP contribution in [0.5, 0.6) is 11.5 Å². The Morgan fingerprint density at radius 2 is 1.80 bits per heavy atom. The van der Waals surface area contributed by atoms with Crippen LogP contribution in [0.15, 0.2) is 72.3 Å². The van der Waals surface area contributed by atoms with Crippen LogP contribution < -0.4 is 20.1 Å². The highest BCUT2D eigenvalue weighted by molar-refractivity contribution is 6.32. The highest BCUT2D eigenvalue weighted by Gasteiger charge is 2.12. The summed E-state index contributed by atoms with van der Waals surface area (Å²) in [4.78, 5) is 24.5. The second kappa shape index (κ2) is 12.2. The lowest BCUT2D eigenvalue weighted by Crippen LogP contribution is -2.20. The van der Waals surface area contributed by atoms with Crippen molar-refractivity contribution in [3.63, 3.8) is 0 Å². The molecule has 0 bridgehead atoms. The van der Waals surface area contributed by atoms with Crippen molar-refractivity contribution in [3.8, 4) is 17.6 Å². The van der Waals surface area contributed by atoms with Crippen molar-refractivity contribution in [2.75, 3.05) is 23.8 Å². The van der Waals surface area contributed by atoms with Gasteiger partial charge in [-0.2, -0.15) is 5.26 Å². The number of hydrogen-bond acceptors (Lipinski definition) is 5. The van der Waals surface area contributed by atoms with E-state index in [2.05, 4.69) is 10.6 Å². The molecule has 0 aliphatic rings. The molecule has 0 spiro atoms. The Labute approximate surface area is 206 Å². The molecular formula is C26H21ClFN3O4. The Balaban J connectivity index is 1.62. The summed E-state index contributed by atoms with van der Waals surface area (Å²) in [7, 11) is 0. The molecule has 0 saturated heterocycles. The Morgan fingerprint density at radius 3 is 2.46 bits per heavy atom. The van der Waals surface area contributed by atoms with Crippen LogP contribution in [-0.4, -0.2) is 25.0 Å². The summed E-state index contributed by atoms with van der Waals surface area (Å²) in [6.45, 7) is 2.01. The molecule has 35 heavy (non-hydrogen) atoms. The van der Waals surface area contributed by atoms with Crippen molar-refractivity contribution in [2.45, 2.75) is 6.92 Å². The Kier molecular flexibility index (Phi) is 8.82. The minimum atomic E-state index is -0.585. The van der Waals surface area contributed by atoms with Crippen LogP contribution in [0.25, 0.3) is 6.08 Å². The molecule has 3 rings (SSSR count). The van der Waals surface area contributed by atoms with E-state index in [1.165, 1.54) is 36.4 Å². The first kappa shape index (κ1) is 25.3. The Bertz CT molecular complexity index is 1290. The molecule has 0 radical (unpaired) electrons. The highest BCUT2D eigenvalue weighted by atomic mass is 35.5. The number of para-hydroxylation sites is 1. The van der Waals surface area contributed by atoms with Crippen LogP contribution in [0.1, 0.15) is 12.5 Å². The van der Waals surface area contributed by atoms with Gasteiger partial charge >= 0.3 is 0 Å². The van der Waals surface area contributed by atoms with E-state index < -0.39 is 24.2 Å². The van der Waals surface area contributed by atoms with Crippen molar-refractivity contribution in [1.82, 2.24) is 0 Å². The van der Waals surface area contributed by atoms with E-state index in [1.54, 1.807) is 36.4 Å². The predicted octanol–water partition coefficient (Wildman–Crippen LogP) is 5.44. The van der Waals surface area contributed by atoms with E-state index in [-0.39, 0.29) is 22.0 Å². The molecule has 178 valence electrons. The molecule has 0 fully saturated rings. The van der Waals surface area contributed by atoms with Crippen LogP contribution >= 0.6 is 11.6 Å². The first-order valence-electron chi connectivity index (χ1n) is 10.5. The molecule has 0 aliphatic heterocycles. The van der Waals surface area contributed by atoms with Crippen molar-refractivity contribution in [1.29, 1.82) is 5.26 Å². The van der Waals surface area contributed by atoms with E-state index in [4.69, 9.17) is 21.1 Å². The summed E-state index contributed by atoms with van der Waals surface area (Å²) in [6.07, 6.45) is 1.38. The number of halogens is 2. The van der Waals surface area contributed by atoms with Crippen LogP contribution in [0.4, 0.5) is 15.8 Å². The average Bonchev–Trinajstić information content (AvgIpc) is 2.84. The van der Waals surface area contributed by atoms with Gasteiger partial charge in [-0.1, -0.05) is 29.8 Å². The molecule has 0 heterocycles. The van der Waals surface area contributed by atoms with E-state index in [1.807, 2.05) is 13.0 Å². The molecule has 2 amide bonds. The van der Waals surface area contributed by atoms with Gasteiger partial charge in [-0.25, -0.2) is 4.39 Å². The van der Waals surface area contributed by atoms with Crippen molar-refractivity contribution in [3.05, 3.63) is 88.7 Å². The topological polar surface area (TPSA) is 100 Å². The van der Waals surface area contributed by atoms with Gasteiger partial charge in [-0.05, 0) is 67.1 Å². The normalized spacial score (nSPS) is 10.7. The molecule has 3 aromatic rings. The fourth-order valence-corrected chi connectivity index (χ4v) is 3.17.